The molecule has 6 nitrogen and oxygen atoms in total. The number of rotatable bonds is 2. The van der Waals surface area contributed by atoms with Gasteiger partial charge < -0.3 is 19.3 Å². The van der Waals surface area contributed by atoms with Crippen LogP contribution in [0.2, 0.25) is 0 Å². The molecule has 0 radical (unpaired) electrons. The summed E-state index contributed by atoms with van der Waals surface area (Å²) in [6, 6.07) is 0. The first-order valence-electron chi connectivity index (χ1n) is 10.9. The zero-order chi connectivity index (χ0) is 18.8. The molecule has 6 fully saturated rings. The highest BCUT2D eigenvalue weighted by Crippen LogP contribution is 2.60. The second kappa shape index (κ2) is 6.64. The fraction of sp³-hybridized carbons (Fsp3) is 1.00. The summed E-state index contributed by atoms with van der Waals surface area (Å²) in [7, 11) is 0. The third-order valence-electron chi connectivity index (χ3n) is 8.07. The average molecular weight is 382 g/mol. The first kappa shape index (κ1) is 18.8. The van der Waals surface area contributed by atoms with Gasteiger partial charge in [0, 0.05) is 18.3 Å². The Labute approximate surface area is 161 Å². The lowest BCUT2D eigenvalue weighted by atomic mass is 9.58. The van der Waals surface area contributed by atoms with Gasteiger partial charge in [0.1, 0.15) is 0 Å². The van der Waals surface area contributed by atoms with E-state index in [9.17, 15) is 5.11 Å². The number of aliphatic hydroxyl groups is 1. The Morgan fingerprint density at radius 2 is 1.70 bits per heavy atom. The Hall–Kier alpha value is -0.240. The second-order valence-electron chi connectivity index (χ2n) is 9.84. The molecule has 0 unspecified atom stereocenters. The van der Waals surface area contributed by atoms with Crippen LogP contribution in [-0.4, -0.2) is 41.3 Å². The van der Waals surface area contributed by atoms with E-state index >= 15 is 0 Å². The van der Waals surface area contributed by atoms with Crippen molar-refractivity contribution in [1.29, 1.82) is 0 Å². The SMILES string of the molecule is C[C@H]1[C@@H](OC2CCC(O)CC2)O[C@@H]2O[C@]3(C)CC[C@H]4[C@H](C)CC[C@@H]1[C@@]24OO3. The van der Waals surface area contributed by atoms with E-state index < -0.39 is 17.7 Å². The van der Waals surface area contributed by atoms with Gasteiger partial charge in [0.2, 0.25) is 5.79 Å². The van der Waals surface area contributed by atoms with Crippen LogP contribution < -0.4 is 0 Å². The summed E-state index contributed by atoms with van der Waals surface area (Å²) in [6.45, 7) is 6.52. The zero-order valence-corrected chi connectivity index (χ0v) is 16.8. The van der Waals surface area contributed by atoms with Gasteiger partial charge >= 0.3 is 0 Å². The molecule has 6 aliphatic rings. The number of aliphatic hydroxyl groups excluding tert-OH is 1. The van der Waals surface area contributed by atoms with E-state index in [4.69, 9.17) is 24.0 Å². The normalized spacial score (nSPS) is 57.8. The predicted octanol–water partition coefficient (Wildman–Crippen LogP) is 3.51. The smallest absolute Gasteiger partial charge is 0.201 e. The summed E-state index contributed by atoms with van der Waals surface area (Å²) in [6.07, 6.45) is 6.84. The fourth-order valence-electron chi connectivity index (χ4n) is 6.40. The molecule has 2 bridgehead atoms. The van der Waals surface area contributed by atoms with E-state index in [0.717, 1.165) is 44.9 Å². The van der Waals surface area contributed by atoms with E-state index in [1.807, 2.05) is 6.92 Å². The summed E-state index contributed by atoms with van der Waals surface area (Å²) >= 11 is 0. The fourth-order valence-corrected chi connectivity index (χ4v) is 6.40. The summed E-state index contributed by atoms with van der Waals surface area (Å²) in [4.78, 5) is 12.0. The highest BCUT2D eigenvalue weighted by molar-refractivity contribution is 5.09. The van der Waals surface area contributed by atoms with E-state index in [1.54, 1.807) is 0 Å². The molecule has 1 N–H and O–H groups in total. The van der Waals surface area contributed by atoms with Gasteiger partial charge in [-0.3, -0.25) is 0 Å². The van der Waals surface area contributed by atoms with Crippen LogP contribution in [0.3, 0.4) is 0 Å². The Balaban J connectivity index is 1.41. The van der Waals surface area contributed by atoms with E-state index in [0.29, 0.717) is 17.8 Å². The molecule has 4 aliphatic heterocycles. The summed E-state index contributed by atoms with van der Waals surface area (Å²) in [5.41, 5.74) is -0.518. The number of hydrogen-bond donors (Lipinski definition) is 1. The number of fused-ring (bicyclic) bond motifs is 2. The minimum Gasteiger partial charge on any atom is -0.393 e. The third-order valence-corrected chi connectivity index (χ3v) is 8.07. The quantitative estimate of drug-likeness (QED) is 0.737. The molecule has 0 amide bonds. The van der Waals surface area contributed by atoms with E-state index in [1.165, 1.54) is 6.42 Å². The molecular formula is C21H34O6. The Kier molecular flexibility index (Phi) is 4.62. The molecule has 2 aliphatic carbocycles. The summed E-state index contributed by atoms with van der Waals surface area (Å²) in [5.74, 6) is 0.748. The van der Waals surface area contributed by atoms with Gasteiger partial charge in [-0.05, 0) is 63.7 Å². The highest BCUT2D eigenvalue weighted by atomic mass is 17.3. The minimum atomic E-state index is -0.738. The maximum atomic E-state index is 9.77. The summed E-state index contributed by atoms with van der Waals surface area (Å²) in [5, 5.41) is 9.77. The van der Waals surface area contributed by atoms with Crippen molar-refractivity contribution in [2.24, 2.45) is 23.7 Å². The molecule has 6 heteroatoms. The lowest BCUT2D eigenvalue weighted by molar-refractivity contribution is -0.578. The highest BCUT2D eigenvalue weighted by Gasteiger charge is 2.69. The van der Waals surface area contributed by atoms with Gasteiger partial charge in [-0.15, -0.1) is 0 Å². The van der Waals surface area contributed by atoms with Crippen LogP contribution in [0.5, 0.6) is 0 Å². The predicted molar refractivity (Wildman–Crippen MR) is 96.2 cm³/mol. The van der Waals surface area contributed by atoms with Gasteiger partial charge in [0.25, 0.3) is 0 Å². The van der Waals surface area contributed by atoms with Crippen LogP contribution >= 0.6 is 0 Å². The first-order chi connectivity index (χ1) is 12.9. The molecule has 4 saturated heterocycles. The van der Waals surface area contributed by atoms with E-state index in [-0.39, 0.29) is 24.4 Å². The van der Waals surface area contributed by atoms with Gasteiger partial charge in [-0.25, -0.2) is 9.78 Å². The molecule has 4 heterocycles. The Morgan fingerprint density at radius 1 is 0.926 bits per heavy atom. The minimum absolute atomic E-state index is 0.156. The summed E-state index contributed by atoms with van der Waals surface area (Å²) < 4.78 is 19.3. The largest absolute Gasteiger partial charge is 0.393 e. The lowest BCUT2D eigenvalue weighted by Crippen LogP contribution is -2.70. The van der Waals surface area contributed by atoms with Crippen molar-refractivity contribution in [3.63, 3.8) is 0 Å². The average Bonchev–Trinajstić information content (AvgIpc) is 2.87. The molecule has 8 atom stereocenters. The van der Waals surface area contributed by atoms with Gasteiger partial charge in [-0.2, -0.15) is 0 Å². The van der Waals surface area contributed by atoms with Gasteiger partial charge in [-0.1, -0.05) is 13.8 Å². The maximum absolute atomic E-state index is 9.77. The van der Waals surface area contributed by atoms with Gasteiger partial charge in [0.05, 0.1) is 12.2 Å². The van der Waals surface area contributed by atoms with Crippen LogP contribution in [-0.2, 0) is 24.0 Å². The molecule has 2 saturated carbocycles. The molecule has 27 heavy (non-hydrogen) atoms. The molecule has 1 spiro atoms. The van der Waals surface area contributed by atoms with Crippen LogP contribution in [0, 0.1) is 23.7 Å². The second-order valence-corrected chi connectivity index (χ2v) is 9.84. The van der Waals surface area contributed by atoms with Crippen molar-refractivity contribution in [1.82, 2.24) is 0 Å². The van der Waals surface area contributed by atoms with Crippen LogP contribution in [0.15, 0.2) is 0 Å². The molecule has 0 aromatic carbocycles. The van der Waals surface area contributed by atoms with Crippen molar-refractivity contribution in [3.8, 4) is 0 Å². The zero-order valence-electron chi connectivity index (χ0n) is 16.8. The Bertz CT molecular complexity index is 563. The van der Waals surface area contributed by atoms with Crippen LogP contribution in [0.1, 0.15) is 72.1 Å². The van der Waals surface area contributed by atoms with Crippen molar-refractivity contribution in [2.45, 2.75) is 108 Å². The van der Waals surface area contributed by atoms with Crippen molar-refractivity contribution >= 4 is 0 Å². The molecule has 0 aromatic rings. The van der Waals surface area contributed by atoms with E-state index in [2.05, 4.69) is 13.8 Å². The van der Waals surface area contributed by atoms with Crippen LogP contribution in [0.25, 0.3) is 0 Å². The van der Waals surface area contributed by atoms with Crippen molar-refractivity contribution in [3.05, 3.63) is 0 Å². The number of ether oxygens (including phenoxy) is 3. The standard InChI is InChI=1S/C21H34O6/c1-12-4-9-17-13(2)18(23-15-7-5-14(22)6-8-15)24-19-21(17)16(12)10-11-20(3,25-19)26-27-21/h12-19,22H,4-11H2,1-3H3/t12-,13-,14?,15?,16+,17+,18+,19-,20+,21-/m1/s1. The maximum Gasteiger partial charge on any atom is 0.201 e. The third kappa shape index (κ3) is 2.90. The van der Waals surface area contributed by atoms with Crippen LogP contribution in [0.4, 0.5) is 0 Å². The molecule has 6 rings (SSSR count). The first-order valence-corrected chi connectivity index (χ1v) is 10.9. The monoisotopic (exact) mass is 382 g/mol. The van der Waals surface area contributed by atoms with Crippen molar-refractivity contribution < 1.29 is 29.1 Å². The molecule has 0 aromatic heterocycles. The number of hydrogen-bond acceptors (Lipinski definition) is 6. The topological polar surface area (TPSA) is 66.4 Å². The van der Waals surface area contributed by atoms with Crippen molar-refractivity contribution in [2.75, 3.05) is 0 Å². The molecule has 154 valence electrons. The Morgan fingerprint density at radius 3 is 2.48 bits per heavy atom. The molecular weight excluding hydrogens is 348 g/mol. The lowest BCUT2D eigenvalue weighted by Gasteiger charge is -2.60. The van der Waals surface area contributed by atoms with Gasteiger partial charge in [0.15, 0.2) is 18.2 Å².